The number of carbonyl (C=O) groups excluding carboxylic acids is 1. The van der Waals surface area contributed by atoms with E-state index in [2.05, 4.69) is 48.4 Å². The van der Waals surface area contributed by atoms with Crippen LogP contribution < -0.4 is 10.1 Å². The van der Waals surface area contributed by atoms with Crippen molar-refractivity contribution >= 4 is 28.1 Å². The summed E-state index contributed by atoms with van der Waals surface area (Å²) in [5.41, 5.74) is 8.60. The van der Waals surface area contributed by atoms with E-state index in [1.807, 2.05) is 27.0 Å². The van der Waals surface area contributed by atoms with Crippen LogP contribution >= 0.6 is 0 Å². The minimum atomic E-state index is -0.220. The van der Waals surface area contributed by atoms with Gasteiger partial charge in [-0.3, -0.25) is 9.78 Å². The maximum atomic E-state index is 12.7. The van der Waals surface area contributed by atoms with Crippen LogP contribution in [0.5, 0.6) is 5.75 Å². The van der Waals surface area contributed by atoms with Gasteiger partial charge in [0, 0.05) is 34.3 Å². The number of allylic oxidation sites excluding steroid dienone is 1. The van der Waals surface area contributed by atoms with Crippen LogP contribution in [-0.2, 0) is 4.79 Å². The van der Waals surface area contributed by atoms with Gasteiger partial charge in [-0.15, -0.1) is 0 Å². The van der Waals surface area contributed by atoms with E-state index in [-0.39, 0.29) is 5.91 Å². The molecule has 5 nitrogen and oxygen atoms in total. The summed E-state index contributed by atoms with van der Waals surface area (Å²) in [5.74, 6) is 0.511. The molecule has 0 bridgehead atoms. The zero-order valence-corrected chi connectivity index (χ0v) is 19.7. The van der Waals surface area contributed by atoms with E-state index in [4.69, 9.17) is 9.15 Å². The molecule has 5 heteroatoms. The van der Waals surface area contributed by atoms with Crippen molar-refractivity contribution in [1.82, 2.24) is 4.98 Å². The highest BCUT2D eigenvalue weighted by molar-refractivity contribution is 6.06. The van der Waals surface area contributed by atoms with Crippen molar-refractivity contribution in [3.63, 3.8) is 0 Å². The van der Waals surface area contributed by atoms with Crippen LogP contribution in [0.1, 0.15) is 36.1 Å². The maximum Gasteiger partial charge on any atom is 0.248 e. The molecular weight excluding hydrogens is 412 g/mol. The SMILES string of the molecule is CCOc1c(/C(C)=C/C(=O)Nc2cccnc2)cc2c(-c3ccc(C)cc3C)coc2c1C. The number of anilines is 1. The van der Waals surface area contributed by atoms with Crippen molar-refractivity contribution in [2.45, 2.75) is 34.6 Å². The smallest absolute Gasteiger partial charge is 0.248 e. The molecule has 1 N–H and O–H groups in total. The van der Waals surface area contributed by atoms with Crippen LogP contribution in [0.4, 0.5) is 5.69 Å². The number of hydrogen-bond acceptors (Lipinski definition) is 4. The summed E-state index contributed by atoms with van der Waals surface area (Å²) in [6.45, 7) is 10.6. The summed E-state index contributed by atoms with van der Waals surface area (Å²) in [5, 5.41) is 3.85. The monoisotopic (exact) mass is 440 g/mol. The van der Waals surface area contributed by atoms with Gasteiger partial charge >= 0.3 is 0 Å². The fourth-order valence-electron chi connectivity index (χ4n) is 4.15. The highest BCUT2D eigenvalue weighted by Crippen LogP contribution is 2.41. The average molecular weight is 441 g/mol. The second kappa shape index (κ2) is 9.33. The Morgan fingerprint density at radius 2 is 1.97 bits per heavy atom. The molecule has 0 saturated heterocycles. The first-order valence-corrected chi connectivity index (χ1v) is 11.0. The Morgan fingerprint density at radius 3 is 2.67 bits per heavy atom. The lowest BCUT2D eigenvalue weighted by Crippen LogP contribution is -2.09. The molecule has 0 aliphatic carbocycles. The van der Waals surface area contributed by atoms with Gasteiger partial charge in [-0.2, -0.15) is 0 Å². The van der Waals surface area contributed by atoms with Gasteiger partial charge in [-0.05, 0) is 69.5 Å². The fraction of sp³-hybridized carbons (Fsp3) is 0.214. The van der Waals surface area contributed by atoms with Gasteiger partial charge in [0.2, 0.25) is 5.91 Å². The molecule has 2 heterocycles. The number of ether oxygens (including phenoxy) is 1. The lowest BCUT2D eigenvalue weighted by molar-refractivity contribution is -0.111. The quantitative estimate of drug-likeness (QED) is 0.333. The summed E-state index contributed by atoms with van der Waals surface area (Å²) in [7, 11) is 0. The number of aryl methyl sites for hydroxylation is 3. The van der Waals surface area contributed by atoms with Crippen molar-refractivity contribution in [3.8, 4) is 16.9 Å². The van der Waals surface area contributed by atoms with Crippen LogP contribution in [0, 0.1) is 20.8 Å². The minimum absolute atomic E-state index is 0.220. The summed E-state index contributed by atoms with van der Waals surface area (Å²) in [6, 6.07) is 12.1. The molecule has 4 aromatic rings. The predicted molar refractivity (Wildman–Crippen MR) is 134 cm³/mol. The Labute approximate surface area is 194 Å². The summed E-state index contributed by atoms with van der Waals surface area (Å²) >= 11 is 0. The van der Waals surface area contributed by atoms with Gasteiger partial charge in [-0.1, -0.05) is 23.8 Å². The van der Waals surface area contributed by atoms with Crippen molar-refractivity contribution in [2.75, 3.05) is 11.9 Å². The standard InChI is InChI=1S/C28H28N2O3/c1-6-32-27-20(5)28-24(25(16-33-28)22-10-9-17(2)12-18(22)3)14-23(27)19(4)13-26(31)30-21-8-7-11-29-15-21/h7-16H,6H2,1-5H3,(H,30,31)/b19-13+. The predicted octanol–water partition coefficient (Wildman–Crippen LogP) is 6.86. The Bertz CT molecular complexity index is 1350. The molecule has 33 heavy (non-hydrogen) atoms. The van der Waals surface area contributed by atoms with Crippen LogP contribution in [0.3, 0.4) is 0 Å². The van der Waals surface area contributed by atoms with Gasteiger partial charge < -0.3 is 14.5 Å². The van der Waals surface area contributed by atoms with Crippen LogP contribution in [0.25, 0.3) is 27.7 Å². The number of furan rings is 1. The highest BCUT2D eigenvalue weighted by atomic mass is 16.5. The molecule has 168 valence electrons. The Balaban J connectivity index is 1.82. The highest BCUT2D eigenvalue weighted by Gasteiger charge is 2.20. The van der Waals surface area contributed by atoms with Gasteiger partial charge in [-0.25, -0.2) is 0 Å². The van der Waals surface area contributed by atoms with E-state index >= 15 is 0 Å². The van der Waals surface area contributed by atoms with E-state index in [1.165, 1.54) is 11.1 Å². The van der Waals surface area contributed by atoms with E-state index in [1.54, 1.807) is 30.6 Å². The van der Waals surface area contributed by atoms with Crippen LogP contribution in [-0.4, -0.2) is 17.5 Å². The molecule has 2 aromatic heterocycles. The van der Waals surface area contributed by atoms with Gasteiger partial charge in [0.05, 0.1) is 24.8 Å². The normalized spacial score (nSPS) is 11.6. The summed E-state index contributed by atoms with van der Waals surface area (Å²) < 4.78 is 12.0. The van der Waals surface area contributed by atoms with E-state index in [9.17, 15) is 4.79 Å². The number of pyridine rings is 1. The molecule has 2 aromatic carbocycles. The minimum Gasteiger partial charge on any atom is -0.493 e. The molecule has 0 aliphatic rings. The van der Waals surface area contributed by atoms with E-state index in [0.29, 0.717) is 12.3 Å². The number of aromatic nitrogens is 1. The second-order valence-electron chi connectivity index (χ2n) is 8.21. The number of carbonyl (C=O) groups is 1. The molecule has 4 rings (SSSR count). The zero-order valence-electron chi connectivity index (χ0n) is 19.7. The largest absolute Gasteiger partial charge is 0.493 e. The Morgan fingerprint density at radius 1 is 1.15 bits per heavy atom. The molecule has 0 atom stereocenters. The topological polar surface area (TPSA) is 64.4 Å². The first-order chi connectivity index (χ1) is 15.9. The molecule has 0 aliphatic heterocycles. The lowest BCUT2D eigenvalue weighted by Gasteiger charge is -2.15. The third-order valence-corrected chi connectivity index (χ3v) is 5.71. The summed E-state index contributed by atoms with van der Waals surface area (Å²) in [4.78, 5) is 16.7. The molecule has 1 amide bonds. The van der Waals surface area contributed by atoms with Crippen molar-refractivity contribution < 1.29 is 13.9 Å². The first kappa shape index (κ1) is 22.3. The van der Waals surface area contributed by atoms with Gasteiger partial charge in [0.1, 0.15) is 11.3 Å². The molecule has 0 saturated carbocycles. The fourth-order valence-corrected chi connectivity index (χ4v) is 4.15. The number of amides is 1. The number of benzene rings is 2. The molecule has 0 spiro atoms. The molecular formula is C28H28N2O3. The number of rotatable bonds is 6. The Hall–Kier alpha value is -3.86. The van der Waals surface area contributed by atoms with Crippen LogP contribution in [0.15, 0.2) is 65.5 Å². The number of nitrogens with one attached hydrogen (secondary N) is 1. The van der Waals surface area contributed by atoms with Crippen molar-refractivity contribution in [1.29, 1.82) is 0 Å². The average Bonchev–Trinajstić information content (AvgIpc) is 3.20. The number of fused-ring (bicyclic) bond motifs is 1. The Kier molecular flexibility index (Phi) is 6.31. The van der Waals surface area contributed by atoms with E-state index < -0.39 is 0 Å². The van der Waals surface area contributed by atoms with Crippen LogP contribution in [0.2, 0.25) is 0 Å². The van der Waals surface area contributed by atoms with Gasteiger partial charge in [0.15, 0.2) is 0 Å². The molecule has 0 unspecified atom stereocenters. The number of nitrogens with zero attached hydrogens (tertiary/aromatic N) is 1. The van der Waals surface area contributed by atoms with Gasteiger partial charge in [0.25, 0.3) is 0 Å². The third kappa shape index (κ3) is 4.53. The maximum absolute atomic E-state index is 12.7. The zero-order chi connectivity index (χ0) is 23.5. The third-order valence-electron chi connectivity index (χ3n) is 5.71. The first-order valence-electron chi connectivity index (χ1n) is 11.0. The summed E-state index contributed by atoms with van der Waals surface area (Å²) in [6.07, 6.45) is 6.68. The second-order valence-corrected chi connectivity index (χ2v) is 8.21. The molecule has 0 fully saturated rings. The molecule has 0 radical (unpaired) electrons. The van der Waals surface area contributed by atoms with E-state index in [0.717, 1.165) is 44.5 Å². The lowest BCUT2D eigenvalue weighted by atomic mass is 9.94. The van der Waals surface area contributed by atoms with Crippen molar-refractivity contribution in [2.24, 2.45) is 0 Å². The van der Waals surface area contributed by atoms with Crippen molar-refractivity contribution in [3.05, 3.63) is 83.4 Å². The number of hydrogen-bond donors (Lipinski definition) is 1.